The van der Waals surface area contributed by atoms with E-state index in [2.05, 4.69) is 21.2 Å². The molecule has 0 atom stereocenters. The van der Waals surface area contributed by atoms with Gasteiger partial charge in [-0.1, -0.05) is 22.0 Å². The smallest absolute Gasteiger partial charge is 0.151 e. The lowest BCUT2D eigenvalue weighted by molar-refractivity contribution is 0.592. The van der Waals surface area contributed by atoms with Crippen LogP contribution in [0.3, 0.4) is 0 Å². The molecule has 0 heterocycles. The van der Waals surface area contributed by atoms with Crippen LogP contribution in [0.15, 0.2) is 34.8 Å². The highest BCUT2D eigenvalue weighted by molar-refractivity contribution is 9.10. The molecule has 94 valence electrons. The molecule has 18 heavy (non-hydrogen) atoms. The van der Waals surface area contributed by atoms with E-state index in [4.69, 9.17) is 5.73 Å². The van der Waals surface area contributed by atoms with Gasteiger partial charge < -0.3 is 11.1 Å². The zero-order valence-electron chi connectivity index (χ0n) is 9.60. The molecule has 3 N–H and O–H groups in total. The number of aryl methyl sites for hydroxylation is 1. The molecule has 0 aliphatic rings. The maximum absolute atomic E-state index is 13.6. The van der Waals surface area contributed by atoms with Crippen LogP contribution in [0, 0.1) is 18.6 Å². The Hall–Kier alpha value is -1.62. The van der Waals surface area contributed by atoms with E-state index in [9.17, 15) is 8.78 Å². The van der Waals surface area contributed by atoms with Gasteiger partial charge in [0.15, 0.2) is 11.6 Å². The van der Waals surface area contributed by atoms with Gasteiger partial charge >= 0.3 is 0 Å². The number of nitrogens with one attached hydrogen (secondary N) is 1. The van der Waals surface area contributed by atoms with Crippen LogP contribution in [0.4, 0.5) is 25.8 Å². The molecular formula is C13H11BrF2N2. The molecule has 0 fully saturated rings. The number of halogens is 3. The van der Waals surface area contributed by atoms with Crippen molar-refractivity contribution in [3.8, 4) is 0 Å². The molecule has 2 rings (SSSR count). The van der Waals surface area contributed by atoms with Crippen LogP contribution in [0.2, 0.25) is 0 Å². The van der Waals surface area contributed by atoms with Crippen LogP contribution in [0.5, 0.6) is 0 Å². The first kappa shape index (κ1) is 12.8. The first-order valence-corrected chi connectivity index (χ1v) is 6.04. The fourth-order valence-corrected chi connectivity index (χ4v) is 1.91. The number of hydrogen-bond donors (Lipinski definition) is 2. The Morgan fingerprint density at radius 3 is 2.28 bits per heavy atom. The van der Waals surface area contributed by atoms with Gasteiger partial charge in [0, 0.05) is 15.8 Å². The van der Waals surface area contributed by atoms with Crippen molar-refractivity contribution in [2.75, 3.05) is 11.1 Å². The summed E-state index contributed by atoms with van der Waals surface area (Å²) in [6.07, 6.45) is 0. The summed E-state index contributed by atoms with van der Waals surface area (Å²) < 4.78 is 28.0. The minimum atomic E-state index is -0.718. The van der Waals surface area contributed by atoms with Gasteiger partial charge in [0.1, 0.15) is 5.69 Å². The van der Waals surface area contributed by atoms with Crippen molar-refractivity contribution in [1.82, 2.24) is 0 Å². The Labute approximate surface area is 112 Å². The summed E-state index contributed by atoms with van der Waals surface area (Å²) in [6, 6.07) is 7.50. The Morgan fingerprint density at radius 2 is 1.72 bits per heavy atom. The standard InChI is InChI=1S/C13H11BrF2N2/c1-7-2-3-9(6-10(7)14)18-13-11(15)4-8(17)5-12(13)16/h2-6,18H,17H2,1H3. The van der Waals surface area contributed by atoms with Gasteiger partial charge in [-0.2, -0.15) is 0 Å². The predicted molar refractivity (Wildman–Crippen MR) is 72.9 cm³/mol. The largest absolute Gasteiger partial charge is 0.399 e. The Morgan fingerprint density at radius 1 is 1.11 bits per heavy atom. The Balaban J connectivity index is 2.37. The fraction of sp³-hybridized carbons (Fsp3) is 0.0769. The molecule has 0 bridgehead atoms. The molecule has 2 aromatic rings. The van der Waals surface area contributed by atoms with Crippen LogP contribution in [-0.2, 0) is 0 Å². The van der Waals surface area contributed by atoms with Gasteiger partial charge in [-0.3, -0.25) is 0 Å². The van der Waals surface area contributed by atoms with Crippen LogP contribution < -0.4 is 11.1 Å². The van der Waals surface area contributed by atoms with E-state index in [1.54, 1.807) is 12.1 Å². The minimum absolute atomic E-state index is 0.0561. The van der Waals surface area contributed by atoms with Crippen molar-refractivity contribution in [3.63, 3.8) is 0 Å². The summed E-state index contributed by atoms with van der Waals surface area (Å²) >= 11 is 3.36. The van der Waals surface area contributed by atoms with Gasteiger partial charge in [-0.25, -0.2) is 8.78 Å². The molecule has 0 radical (unpaired) electrons. The Kier molecular flexibility index (Phi) is 3.52. The molecule has 0 aromatic heterocycles. The van der Waals surface area contributed by atoms with Crippen molar-refractivity contribution in [2.45, 2.75) is 6.92 Å². The molecule has 5 heteroatoms. The number of rotatable bonds is 2. The zero-order chi connectivity index (χ0) is 13.3. The lowest BCUT2D eigenvalue weighted by atomic mass is 10.2. The summed E-state index contributed by atoms with van der Waals surface area (Å²) in [7, 11) is 0. The average Bonchev–Trinajstić information content (AvgIpc) is 2.28. The molecule has 0 spiro atoms. The van der Waals surface area contributed by atoms with Crippen LogP contribution in [0.25, 0.3) is 0 Å². The predicted octanol–water partition coefficient (Wildman–Crippen LogP) is 4.36. The SMILES string of the molecule is Cc1ccc(Nc2c(F)cc(N)cc2F)cc1Br. The maximum Gasteiger partial charge on any atom is 0.151 e. The first-order valence-electron chi connectivity index (χ1n) is 5.25. The van der Waals surface area contributed by atoms with Crippen LogP contribution in [-0.4, -0.2) is 0 Å². The number of anilines is 3. The quantitative estimate of drug-likeness (QED) is 0.808. The van der Waals surface area contributed by atoms with E-state index in [1.165, 1.54) is 0 Å². The van der Waals surface area contributed by atoms with E-state index >= 15 is 0 Å². The van der Waals surface area contributed by atoms with Crippen molar-refractivity contribution in [2.24, 2.45) is 0 Å². The number of hydrogen-bond acceptors (Lipinski definition) is 2. The van der Waals surface area contributed by atoms with E-state index in [0.29, 0.717) is 5.69 Å². The third kappa shape index (κ3) is 2.61. The molecular weight excluding hydrogens is 302 g/mol. The second-order valence-electron chi connectivity index (χ2n) is 3.95. The topological polar surface area (TPSA) is 38.0 Å². The highest BCUT2D eigenvalue weighted by Gasteiger charge is 2.10. The maximum atomic E-state index is 13.6. The summed E-state index contributed by atoms with van der Waals surface area (Å²) in [5.41, 5.74) is 6.83. The highest BCUT2D eigenvalue weighted by atomic mass is 79.9. The van der Waals surface area contributed by atoms with Crippen molar-refractivity contribution in [3.05, 3.63) is 52.0 Å². The number of nitrogens with two attached hydrogens (primary N) is 1. The first-order chi connectivity index (χ1) is 8.47. The zero-order valence-corrected chi connectivity index (χ0v) is 11.2. The van der Waals surface area contributed by atoms with Crippen molar-refractivity contribution in [1.29, 1.82) is 0 Å². The number of nitrogen functional groups attached to an aromatic ring is 1. The third-order valence-electron chi connectivity index (χ3n) is 2.51. The molecule has 0 aliphatic carbocycles. The second kappa shape index (κ2) is 4.94. The molecule has 2 aromatic carbocycles. The fourth-order valence-electron chi connectivity index (χ4n) is 1.53. The third-order valence-corrected chi connectivity index (χ3v) is 3.36. The molecule has 0 saturated carbocycles. The molecule has 0 unspecified atom stereocenters. The highest BCUT2D eigenvalue weighted by Crippen LogP contribution is 2.28. The van der Waals surface area contributed by atoms with E-state index in [0.717, 1.165) is 22.2 Å². The second-order valence-corrected chi connectivity index (χ2v) is 4.80. The van der Waals surface area contributed by atoms with E-state index in [1.807, 2.05) is 13.0 Å². The van der Waals surface area contributed by atoms with Gasteiger partial charge in [0.25, 0.3) is 0 Å². The number of benzene rings is 2. The summed E-state index contributed by atoms with van der Waals surface area (Å²) in [4.78, 5) is 0. The van der Waals surface area contributed by atoms with Crippen LogP contribution in [0.1, 0.15) is 5.56 Å². The average molecular weight is 313 g/mol. The van der Waals surface area contributed by atoms with Gasteiger partial charge in [-0.05, 0) is 36.8 Å². The van der Waals surface area contributed by atoms with E-state index in [-0.39, 0.29) is 11.4 Å². The molecule has 0 saturated heterocycles. The normalized spacial score (nSPS) is 10.4. The molecule has 0 amide bonds. The summed E-state index contributed by atoms with van der Waals surface area (Å²) in [6.45, 7) is 1.93. The summed E-state index contributed by atoms with van der Waals surface area (Å²) in [5.74, 6) is -1.44. The van der Waals surface area contributed by atoms with Crippen LogP contribution >= 0.6 is 15.9 Å². The van der Waals surface area contributed by atoms with Gasteiger partial charge in [0.05, 0.1) is 0 Å². The van der Waals surface area contributed by atoms with Gasteiger partial charge in [0.2, 0.25) is 0 Å². The lowest BCUT2D eigenvalue weighted by Gasteiger charge is -2.10. The van der Waals surface area contributed by atoms with E-state index < -0.39 is 11.6 Å². The Bertz CT molecular complexity index is 577. The molecule has 2 nitrogen and oxygen atoms in total. The molecule has 0 aliphatic heterocycles. The van der Waals surface area contributed by atoms with Crippen molar-refractivity contribution >= 4 is 33.0 Å². The lowest BCUT2D eigenvalue weighted by Crippen LogP contribution is -1.99. The minimum Gasteiger partial charge on any atom is -0.399 e. The monoisotopic (exact) mass is 312 g/mol. The summed E-state index contributed by atoms with van der Waals surface area (Å²) in [5, 5.41) is 2.70. The van der Waals surface area contributed by atoms with Gasteiger partial charge in [-0.15, -0.1) is 0 Å². The van der Waals surface area contributed by atoms with Crippen molar-refractivity contribution < 1.29 is 8.78 Å².